The molecule has 0 bridgehead atoms. The second kappa shape index (κ2) is 5.91. The molecule has 0 aliphatic carbocycles. The fourth-order valence-corrected chi connectivity index (χ4v) is 3.12. The Balaban J connectivity index is 1.56. The van der Waals surface area contributed by atoms with E-state index in [-0.39, 0.29) is 5.82 Å². The first-order valence-electron chi connectivity index (χ1n) is 8.36. The van der Waals surface area contributed by atoms with Gasteiger partial charge in [0, 0.05) is 11.8 Å². The molecule has 3 heterocycles. The summed E-state index contributed by atoms with van der Waals surface area (Å²) in [5.41, 5.74) is 4.94. The van der Waals surface area contributed by atoms with E-state index in [9.17, 15) is 9.18 Å². The second-order valence-electron chi connectivity index (χ2n) is 6.23. The van der Waals surface area contributed by atoms with Crippen molar-refractivity contribution in [3.63, 3.8) is 0 Å². The monoisotopic (exact) mass is 360 g/mol. The number of hydrogen-bond acceptors (Lipinski definition) is 4. The maximum atomic E-state index is 13.1. The molecule has 1 N–H and O–H groups in total. The van der Waals surface area contributed by atoms with E-state index < -0.39 is 5.76 Å². The maximum absolute atomic E-state index is 13.1. The standard InChI is InChI=1S/C20H13FN4O2/c21-14-4-1-12(2-5-14)11-25-17-6-3-13(9-18(17)27-20(25)26)16-10-23-19-15(24-16)7-8-22-19/h1-10H,11H2,(H,22,23). The van der Waals surface area contributed by atoms with Gasteiger partial charge in [-0.2, -0.15) is 0 Å². The van der Waals surface area contributed by atoms with Crippen LogP contribution in [0.5, 0.6) is 0 Å². The third kappa shape index (κ3) is 2.69. The molecule has 27 heavy (non-hydrogen) atoms. The van der Waals surface area contributed by atoms with Crippen LogP contribution in [0.25, 0.3) is 33.5 Å². The zero-order chi connectivity index (χ0) is 18.4. The summed E-state index contributed by atoms with van der Waals surface area (Å²) in [5, 5.41) is 0. The molecule has 0 saturated heterocycles. The first-order valence-corrected chi connectivity index (χ1v) is 8.36. The summed E-state index contributed by atoms with van der Waals surface area (Å²) < 4.78 is 20.0. The van der Waals surface area contributed by atoms with Crippen LogP contribution in [0.4, 0.5) is 4.39 Å². The van der Waals surface area contributed by atoms with Crippen molar-refractivity contribution in [2.24, 2.45) is 0 Å². The van der Waals surface area contributed by atoms with Crippen molar-refractivity contribution in [2.75, 3.05) is 0 Å². The van der Waals surface area contributed by atoms with Crippen molar-refractivity contribution in [3.05, 3.63) is 82.9 Å². The topological polar surface area (TPSA) is 76.7 Å². The minimum Gasteiger partial charge on any atom is -0.408 e. The van der Waals surface area contributed by atoms with E-state index in [1.165, 1.54) is 16.7 Å². The van der Waals surface area contributed by atoms with E-state index in [0.29, 0.717) is 23.3 Å². The predicted octanol–water partition coefficient (Wildman–Crippen LogP) is 3.72. The number of rotatable bonds is 3. The molecule has 0 spiro atoms. The molecule has 5 rings (SSSR count). The lowest BCUT2D eigenvalue weighted by atomic mass is 10.1. The van der Waals surface area contributed by atoms with Crippen LogP contribution in [0.1, 0.15) is 5.56 Å². The van der Waals surface area contributed by atoms with Gasteiger partial charge < -0.3 is 9.40 Å². The van der Waals surface area contributed by atoms with Gasteiger partial charge in [0.1, 0.15) is 11.3 Å². The highest BCUT2D eigenvalue weighted by molar-refractivity contribution is 5.81. The van der Waals surface area contributed by atoms with Gasteiger partial charge in [0.2, 0.25) is 0 Å². The number of fused-ring (bicyclic) bond motifs is 2. The van der Waals surface area contributed by atoms with E-state index in [0.717, 1.165) is 22.3 Å². The fraction of sp³-hybridized carbons (Fsp3) is 0.0500. The van der Waals surface area contributed by atoms with Gasteiger partial charge in [-0.15, -0.1) is 0 Å². The Morgan fingerprint density at radius 3 is 2.81 bits per heavy atom. The molecule has 0 atom stereocenters. The van der Waals surface area contributed by atoms with Crippen molar-refractivity contribution in [2.45, 2.75) is 6.54 Å². The zero-order valence-electron chi connectivity index (χ0n) is 14.0. The average Bonchev–Trinajstić information content (AvgIpc) is 3.27. The fourth-order valence-electron chi connectivity index (χ4n) is 3.12. The summed E-state index contributed by atoms with van der Waals surface area (Å²) in [6, 6.07) is 13.4. The summed E-state index contributed by atoms with van der Waals surface area (Å²) in [6.07, 6.45) is 3.46. The molecule has 0 fully saturated rings. The van der Waals surface area contributed by atoms with Crippen LogP contribution < -0.4 is 5.76 Å². The van der Waals surface area contributed by atoms with Crippen molar-refractivity contribution < 1.29 is 8.81 Å². The molecule has 0 amide bonds. The normalized spacial score (nSPS) is 11.4. The summed E-state index contributed by atoms with van der Waals surface area (Å²) in [6.45, 7) is 0.306. The SMILES string of the molecule is O=c1oc2cc(-c3cnc4[nH]ccc4n3)ccc2n1Cc1ccc(F)cc1. The minimum absolute atomic E-state index is 0.306. The minimum atomic E-state index is -0.460. The van der Waals surface area contributed by atoms with Crippen molar-refractivity contribution in [1.82, 2.24) is 19.5 Å². The quantitative estimate of drug-likeness (QED) is 0.532. The van der Waals surface area contributed by atoms with Gasteiger partial charge in [0.15, 0.2) is 11.2 Å². The van der Waals surface area contributed by atoms with Crippen LogP contribution in [-0.2, 0) is 6.54 Å². The Hall–Kier alpha value is -3.74. The second-order valence-corrected chi connectivity index (χ2v) is 6.23. The Morgan fingerprint density at radius 1 is 1.11 bits per heavy atom. The Morgan fingerprint density at radius 2 is 1.96 bits per heavy atom. The van der Waals surface area contributed by atoms with E-state index in [1.54, 1.807) is 30.6 Å². The number of halogens is 1. The molecule has 5 aromatic rings. The number of benzene rings is 2. The lowest BCUT2D eigenvalue weighted by molar-refractivity contribution is 0.517. The third-order valence-electron chi connectivity index (χ3n) is 4.48. The van der Waals surface area contributed by atoms with Gasteiger partial charge in [-0.25, -0.2) is 19.2 Å². The molecular formula is C20H13FN4O2. The summed E-state index contributed by atoms with van der Waals surface area (Å²) in [7, 11) is 0. The van der Waals surface area contributed by atoms with Gasteiger partial charge in [-0.1, -0.05) is 18.2 Å². The molecule has 2 aromatic carbocycles. The van der Waals surface area contributed by atoms with E-state index in [1.807, 2.05) is 18.2 Å². The van der Waals surface area contributed by atoms with Gasteiger partial charge >= 0.3 is 5.76 Å². The van der Waals surface area contributed by atoms with Gasteiger partial charge in [0.05, 0.1) is 24.0 Å². The highest BCUT2D eigenvalue weighted by Gasteiger charge is 2.12. The zero-order valence-corrected chi connectivity index (χ0v) is 14.0. The largest absolute Gasteiger partial charge is 0.420 e. The van der Waals surface area contributed by atoms with Crippen LogP contribution in [-0.4, -0.2) is 19.5 Å². The van der Waals surface area contributed by atoms with Crippen molar-refractivity contribution in [1.29, 1.82) is 0 Å². The van der Waals surface area contributed by atoms with Gasteiger partial charge in [-0.05, 0) is 35.9 Å². The number of aromatic amines is 1. The van der Waals surface area contributed by atoms with Crippen molar-refractivity contribution in [3.8, 4) is 11.3 Å². The lowest BCUT2D eigenvalue weighted by Crippen LogP contribution is -2.14. The number of H-pyrrole nitrogens is 1. The summed E-state index contributed by atoms with van der Waals surface area (Å²) in [5.74, 6) is -0.771. The Labute approximate surface area is 151 Å². The molecule has 3 aromatic heterocycles. The van der Waals surface area contributed by atoms with Gasteiger partial charge in [-0.3, -0.25) is 4.57 Å². The number of nitrogens with one attached hydrogen (secondary N) is 1. The Kier molecular flexibility index (Phi) is 3.39. The molecule has 0 aliphatic heterocycles. The van der Waals surface area contributed by atoms with Gasteiger partial charge in [0.25, 0.3) is 0 Å². The first kappa shape index (κ1) is 15.5. The molecular weight excluding hydrogens is 347 g/mol. The summed E-state index contributed by atoms with van der Waals surface area (Å²) in [4.78, 5) is 24.2. The smallest absolute Gasteiger partial charge is 0.408 e. The molecule has 132 valence electrons. The predicted molar refractivity (Wildman–Crippen MR) is 98.9 cm³/mol. The molecule has 0 saturated carbocycles. The third-order valence-corrected chi connectivity index (χ3v) is 4.48. The Bertz CT molecular complexity index is 1330. The summed E-state index contributed by atoms with van der Waals surface area (Å²) >= 11 is 0. The van der Waals surface area contributed by atoms with E-state index in [4.69, 9.17) is 4.42 Å². The molecule has 0 radical (unpaired) electrons. The van der Waals surface area contributed by atoms with Crippen LogP contribution in [0.2, 0.25) is 0 Å². The number of oxazole rings is 1. The lowest BCUT2D eigenvalue weighted by Gasteiger charge is -2.04. The first-order chi connectivity index (χ1) is 13.2. The van der Waals surface area contributed by atoms with Crippen LogP contribution in [0.3, 0.4) is 0 Å². The van der Waals surface area contributed by atoms with Crippen LogP contribution >= 0.6 is 0 Å². The highest BCUT2D eigenvalue weighted by atomic mass is 19.1. The number of aromatic nitrogens is 4. The number of nitrogens with zero attached hydrogens (tertiary/aromatic N) is 3. The van der Waals surface area contributed by atoms with E-state index >= 15 is 0 Å². The molecule has 7 heteroatoms. The maximum Gasteiger partial charge on any atom is 0.420 e. The molecule has 0 unspecified atom stereocenters. The number of hydrogen-bond donors (Lipinski definition) is 1. The van der Waals surface area contributed by atoms with Crippen LogP contribution in [0.15, 0.2) is 70.1 Å². The van der Waals surface area contributed by atoms with Crippen LogP contribution in [0, 0.1) is 5.82 Å². The average molecular weight is 360 g/mol. The molecule has 0 aliphatic rings. The van der Waals surface area contributed by atoms with E-state index in [2.05, 4.69) is 15.0 Å². The molecule has 6 nitrogen and oxygen atoms in total. The van der Waals surface area contributed by atoms with Crippen molar-refractivity contribution >= 4 is 22.3 Å². The highest BCUT2D eigenvalue weighted by Crippen LogP contribution is 2.24.